The van der Waals surface area contributed by atoms with Gasteiger partial charge in [0.1, 0.15) is 4.90 Å². The van der Waals surface area contributed by atoms with Crippen molar-refractivity contribution in [1.82, 2.24) is 4.31 Å². The monoisotopic (exact) mass is 349 g/mol. The molecule has 0 saturated carbocycles. The molecule has 1 aliphatic heterocycles. The van der Waals surface area contributed by atoms with E-state index in [0.717, 1.165) is 24.8 Å². The van der Waals surface area contributed by atoms with Gasteiger partial charge in [-0.2, -0.15) is 4.31 Å². The van der Waals surface area contributed by atoms with Crippen LogP contribution in [0.1, 0.15) is 38.7 Å². The van der Waals surface area contributed by atoms with Gasteiger partial charge in [0.25, 0.3) is 0 Å². The minimum absolute atomic E-state index is 0.169. The first-order chi connectivity index (χ1) is 9.76. The molecular weight excluding hydrogens is 329 g/mol. The van der Waals surface area contributed by atoms with Crippen LogP contribution in [-0.4, -0.2) is 25.8 Å². The van der Waals surface area contributed by atoms with Gasteiger partial charge in [0, 0.05) is 19.0 Å². The molecule has 0 bridgehead atoms. The van der Waals surface area contributed by atoms with Crippen molar-refractivity contribution in [1.29, 1.82) is 0 Å². The predicted molar refractivity (Wildman–Crippen MR) is 87.4 cm³/mol. The van der Waals surface area contributed by atoms with E-state index >= 15 is 0 Å². The van der Waals surface area contributed by atoms with Crippen molar-refractivity contribution in [3.05, 3.63) is 28.8 Å². The normalized spacial score (nSPS) is 20.2. The van der Waals surface area contributed by atoms with Crippen molar-refractivity contribution in [2.75, 3.05) is 13.1 Å². The smallest absolute Gasteiger partial charge is 0.207 e. The zero-order valence-electron chi connectivity index (χ0n) is 12.4. The molecule has 0 N–H and O–H groups in total. The Hall–Kier alpha value is -0.290. The van der Waals surface area contributed by atoms with Crippen LogP contribution in [0.25, 0.3) is 0 Å². The van der Waals surface area contributed by atoms with Crippen LogP contribution in [0.3, 0.4) is 0 Å². The van der Waals surface area contributed by atoms with E-state index in [9.17, 15) is 8.42 Å². The van der Waals surface area contributed by atoms with E-state index < -0.39 is 10.0 Å². The third kappa shape index (κ3) is 3.92. The van der Waals surface area contributed by atoms with Gasteiger partial charge < -0.3 is 0 Å². The molecule has 1 aromatic rings. The van der Waals surface area contributed by atoms with Crippen LogP contribution in [0.2, 0.25) is 5.02 Å². The highest BCUT2D eigenvalue weighted by Crippen LogP contribution is 2.33. The van der Waals surface area contributed by atoms with Crippen molar-refractivity contribution in [3.63, 3.8) is 0 Å². The van der Waals surface area contributed by atoms with E-state index in [-0.39, 0.29) is 21.2 Å². The summed E-state index contributed by atoms with van der Waals surface area (Å²) in [5.41, 5.74) is 0.946. The number of alkyl halides is 1. The Morgan fingerprint density at radius 3 is 2.62 bits per heavy atom. The molecule has 3 nitrogen and oxygen atoms in total. The molecule has 0 unspecified atom stereocenters. The van der Waals surface area contributed by atoms with Gasteiger partial charge in [-0.1, -0.05) is 31.5 Å². The van der Waals surface area contributed by atoms with Gasteiger partial charge in [0.2, 0.25) is 10.0 Å². The molecule has 0 aliphatic carbocycles. The maximum Gasteiger partial charge on any atom is 0.244 e. The lowest BCUT2D eigenvalue weighted by atomic mass is 9.85. The number of nitrogens with zero attached hydrogens (tertiary/aromatic N) is 1. The highest BCUT2D eigenvalue weighted by atomic mass is 35.5. The summed E-state index contributed by atoms with van der Waals surface area (Å²) in [6.07, 6.45) is 2.77. The summed E-state index contributed by atoms with van der Waals surface area (Å²) >= 11 is 11.9. The fraction of sp³-hybridized carbons (Fsp3) is 0.600. The Bertz CT molecular complexity index is 614. The Balaban J connectivity index is 2.33. The third-order valence-electron chi connectivity index (χ3n) is 4.07. The second-order valence-electron chi connectivity index (χ2n) is 6.32. The second kappa shape index (κ2) is 6.45. The Morgan fingerprint density at radius 1 is 1.24 bits per heavy atom. The standard InChI is InChI=1S/C15H21Cl2NO2S/c1-15(2)6-3-8-18(9-7-15)21(19,20)14-10-12(11-16)4-5-13(14)17/h4-5,10H,3,6-9,11H2,1-2H3. The quantitative estimate of drug-likeness (QED) is 0.763. The number of sulfonamides is 1. The van der Waals surface area contributed by atoms with Gasteiger partial charge in [-0.05, 0) is 42.4 Å². The summed E-state index contributed by atoms with van der Waals surface area (Å²) in [4.78, 5) is 0.169. The lowest BCUT2D eigenvalue weighted by molar-refractivity contribution is 0.315. The number of benzene rings is 1. The first-order valence-corrected chi connectivity index (χ1v) is 9.46. The van der Waals surface area contributed by atoms with Crippen LogP contribution >= 0.6 is 23.2 Å². The number of halogens is 2. The van der Waals surface area contributed by atoms with Crippen LogP contribution in [0.5, 0.6) is 0 Å². The molecule has 0 amide bonds. The minimum atomic E-state index is -3.56. The minimum Gasteiger partial charge on any atom is -0.207 e. The summed E-state index contributed by atoms with van der Waals surface area (Å²) in [6, 6.07) is 4.94. The average Bonchev–Trinajstić information content (AvgIpc) is 2.60. The summed E-state index contributed by atoms with van der Waals surface area (Å²) < 4.78 is 27.2. The number of hydrogen-bond donors (Lipinski definition) is 0. The Labute approximate surface area is 137 Å². The van der Waals surface area contributed by atoms with Crippen molar-refractivity contribution in [3.8, 4) is 0 Å². The molecule has 0 aromatic heterocycles. The highest BCUT2D eigenvalue weighted by molar-refractivity contribution is 7.89. The maximum absolute atomic E-state index is 12.8. The average molecular weight is 350 g/mol. The SMILES string of the molecule is CC1(C)CCCN(S(=O)(=O)c2cc(CCl)ccc2Cl)CC1. The van der Waals surface area contributed by atoms with Gasteiger partial charge >= 0.3 is 0 Å². The summed E-state index contributed by atoms with van der Waals surface area (Å²) in [5.74, 6) is 0.271. The molecule has 0 radical (unpaired) electrons. The molecule has 0 atom stereocenters. The van der Waals surface area contributed by atoms with Crippen LogP contribution in [0.4, 0.5) is 0 Å². The van der Waals surface area contributed by atoms with Crippen molar-refractivity contribution in [2.24, 2.45) is 5.41 Å². The number of hydrogen-bond acceptors (Lipinski definition) is 2. The van der Waals surface area contributed by atoms with Gasteiger partial charge in [-0.15, -0.1) is 11.6 Å². The lowest BCUT2D eigenvalue weighted by Gasteiger charge is -2.23. The van der Waals surface area contributed by atoms with Crippen molar-refractivity contribution >= 4 is 33.2 Å². The summed E-state index contributed by atoms with van der Waals surface area (Å²) in [7, 11) is -3.56. The molecule has 21 heavy (non-hydrogen) atoms. The fourth-order valence-corrected chi connectivity index (χ4v) is 4.78. The molecule has 118 valence electrons. The van der Waals surface area contributed by atoms with Gasteiger partial charge in [0.05, 0.1) is 5.02 Å². The number of rotatable bonds is 3. The summed E-state index contributed by atoms with van der Waals surface area (Å²) in [5, 5.41) is 0.257. The third-order valence-corrected chi connectivity index (χ3v) is 6.76. The molecule has 6 heteroatoms. The largest absolute Gasteiger partial charge is 0.244 e. The topological polar surface area (TPSA) is 37.4 Å². The van der Waals surface area contributed by atoms with Crippen LogP contribution in [0, 0.1) is 5.41 Å². The Kier molecular flexibility index (Phi) is 5.24. The molecule has 1 heterocycles. The lowest BCUT2D eigenvalue weighted by Crippen LogP contribution is -2.32. The molecule has 0 spiro atoms. The van der Waals surface area contributed by atoms with Gasteiger partial charge in [0.15, 0.2) is 0 Å². The van der Waals surface area contributed by atoms with Gasteiger partial charge in [-0.3, -0.25) is 0 Å². The second-order valence-corrected chi connectivity index (χ2v) is 8.90. The van der Waals surface area contributed by atoms with E-state index in [1.165, 1.54) is 0 Å². The zero-order chi connectivity index (χ0) is 15.7. The first kappa shape index (κ1) is 17.1. The van der Waals surface area contributed by atoms with E-state index in [0.29, 0.717) is 13.1 Å². The van der Waals surface area contributed by atoms with Crippen LogP contribution < -0.4 is 0 Å². The van der Waals surface area contributed by atoms with E-state index in [4.69, 9.17) is 23.2 Å². The van der Waals surface area contributed by atoms with Crippen molar-refractivity contribution in [2.45, 2.75) is 43.9 Å². The zero-order valence-corrected chi connectivity index (χ0v) is 14.7. The van der Waals surface area contributed by atoms with E-state index in [2.05, 4.69) is 13.8 Å². The molecular formula is C15H21Cl2NO2S. The first-order valence-electron chi connectivity index (χ1n) is 7.11. The molecule has 2 rings (SSSR count). The molecule has 1 saturated heterocycles. The Morgan fingerprint density at radius 2 is 1.95 bits per heavy atom. The highest BCUT2D eigenvalue weighted by Gasteiger charge is 2.31. The van der Waals surface area contributed by atoms with E-state index in [1.807, 2.05) is 0 Å². The van der Waals surface area contributed by atoms with Gasteiger partial charge in [-0.25, -0.2) is 8.42 Å². The molecule has 1 fully saturated rings. The molecule has 1 aromatic carbocycles. The van der Waals surface area contributed by atoms with Crippen LogP contribution in [0.15, 0.2) is 23.1 Å². The predicted octanol–water partition coefficient (Wildman–Crippen LogP) is 4.28. The van der Waals surface area contributed by atoms with E-state index in [1.54, 1.807) is 22.5 Å². The van der Waals surface area contributed by atoms with Crippen LogP contribution in [-0.2, 0) is 15.9 Å². The maximum atomic E-state index is 12.8. The van der Waals surface area contributed by atoms with Crippen molar-refractivity contribution < 1.29 is 8.42 Å². The fourth-order valence-electron chi connectivity index (χ4n) is 2.61. The summed E-state index contributed by atoms with van der Waals surface area (Å²) in [6.45, 7) is 5.46. The molecule has 1 aliphatic rings.